The largest absolute Gasteiger partial charge is 0.207 e. The van der Waals surface area contributed by atoms with Gasteiger partial charge >= 0.3 is 0 Å². The lowest BCUT2D eigenvalue weighted by Crippen LogP contribution is -1.94. The van der Waals surface area contributed by atoms with Gasteiger partial charge in [-0.15, -0.1) is 0 Å². The second kappa shape index (κ2) is 3.51. The third-order valence-corrected chi connectivity index (χ3v) is 1.85. The average Bonchev–Trinajstić information content (AvgIpc) is 2.04. The minimum atomic E-state index is -0.0944. The van der Waals surface area contributed by atoms with Gasteiger partial charge in [-0.25, -0.2) is 4.39 Å². The highest BCUT2D eigenvalue weighted by molar-refractivity contribution is 5.27. The van der Waals surface area contributed by atoms with Gasteiger partial charge in [-0.2, -0.15) is 0 Å². The SMILES string of the molecule is CCc1[c]ccc(F)c1CC. The molecule has 0 bridgehead atoms. The fourth-order valence-electron chi connectivity index (χ4n) is 1.24. The molecule has 59 valence electrons. The zero-order chi connectivity index (χ0) is 8.27. The van der Waals surface area contributed by atoms with Crippen molar-refractivity contribution in [3.8, 4) is 0 Å². The molecule has 0 unspecified atom stereocenters. The fraction of sp³-hybridized carbons (Fsp3) is 0.400. The minimum Gasteiger partial charge on any atom is -0.207 e. The maximum atomic E-state index is 13.0. The van der Waals surface area contributed by atoms with E-state index >= 15 is 0 Å². The molecule has 0 N–H and O–H groups in total. The van der Waals surface area contributed by atoms with Crippen LogP contribution in [-0.2, 0) is 12.8 Å². The second-order valence-electron chi connectivity index (χ2n) is 2.49. The van der Waals surface area contributed by atoms with Crippen molar-refractivity contribution in [3.05, 3.63) is 35.1 Å². The van der Waals surface area contributed by atoms with E-state index in [9.17, 15) is 4.39 Å². The third-order valence-electron chi connectivity index (χ3n) is 1.85. The number of hydrogen-bond acceptors (Lipinski definition) is 0. The predicted octanol–water partition coefficient (Wildman–Crippen LogP) is 2.75. The number of aryl methyl sites for hydroxylation is 1. The Morgan fingerprint density at radius 2 is 2.09 bits per heavy atom. The van der Waals surface area contributed by atoms with E-state index in [4.69, 9.17) is 0 Å². The van der Waals surface area contributed by atoms with Crippen molar-refractivity contribution in [1.82, 2.24) is 0 Å². The molecule has 1 heteroatoms. The molecule has 0 aliphatic carbocycles. The molecule has 1 rings (SSSR count). The first-order valence-corrected chi connectivity index (χ1v) is 3.97. The van der Waals surface area contributed by atoms with E-state index in [1.807, 2.05) is 13.8 Å². The Balaban J connectivity index is 3.13. The van der Waals surface area contributed by atoms with Crippen LogP contribution in [0.1, 0.15) is 25.0 Å². The monoisotopic (exact) mass is 151 g/mol. The van der Waals surface area contributed by atoms with Crippen LogP contribution in [0, 0.1) is 11.9 Å². The molecule has 0 atom stereocenters. The average molecular weight is 151 g/mol. The Morgan fingerprint density at radius 1 is 1.36 bits per heavy atom. The first kappa shape index (κ1) is 8.25. The van der Waals surface area contributed by atoms with Crippen LogP contribution in [0.5, 0.6) is 0 Å². The molecule has 1 aromatic rings. The van der Waals surface area contributed by atoms with E-state index in [1.165, 1.54) is 6.07 Å². The summed E-state index contributed by atoms with van der Waals surface area (Å²) in [6.45, 7) is 3.98. The Kier molecular flexibility index (Phi) is 2.64. The van der Waals surface area contributed by atoms with Crippen LogP contribution in [0.3, 0.4) is 0 Å². The molecule has 0 aromatic heterocycles. The lowest BCUT2D eigenvalue weighted by atomic mass is 10.0. The maximum absolute atomic E-state index is 13.0. The molecule has 0 aliphatic heterocycles. The lowest BCUT2D eigenvalue weighted by molar-refractivity contribution is 0.608. The van der Waals surface area contributed by atoms with Gasteiger partial charge in [-0.1, -0.05) is 19.9 Å². The van der Waals surface area contributed by atoms with Crippen LogP contribution >= 0.6 is 0 Å². The normalized spacial score (nSPS) is 10.1. The summed E-state index contributed by atoms with van der Waals surface area (Å²) >= 11 is 0. The van der Waals surface area contributed by atoms with Gasteiger partial charge in [0.2, 0.25) is 0 Å². The molecule has 0 aliphatic rings. The Morgan fingerprint density at radius 3 is 2.55 bits per heavy atom. The molecule has 11 heavy (non-hydrogen) atoms. The molecule has 0 heterocycles. The lowest BCUT2D eigenvalue weighted by Gasteiger charge is -2.04. The van der Waals surface area contributed by atoms with Gasteiger partial charge in [-0.05, 0) is 36.1 Å². The highest BCUT2D eigenvalue weighted by Gasteiger charge is 2.03. The van der Waals surface area contributed by atoms with E-state index in [-0.39, 0.29) is 5.82 Å². The molecule has 0 spiro atoms. The molecule has 0 saturated heterocycles. The Bertz CT molecular complexity index is 241. The Hall–Kier alpha value is -0.850. The van der Waals surface area contributed by atoms with E-state index < -0.39 is 0 Å². The molecular weight excluding hydrogens is 139 g/mol. The summed E-state index contributed by atoms with van der Waals surface area (Å²) < 4.78 is 13.0. The summed E-state index contributed by atoms with van der Waals surface area (Å²) in [7, 11) is 0. The third kappa shape index (κ3) is 1.59. The summed E-state index contributed by atoms with van der Waals surface area (Å²) in [5.41, 5.74) is 1.82. The molecule has 0 saturated carbocycles. The van der Waals surface area contributed by atoms with Crippen molar-refractivity contribution in [1.29, 1.82) is 0 Å². The van der Waals surface area contributed by atoms with Gasteiger partial charge in [0.1, 0.15) is 5.82 Å². The number of rotatable bonds is 2. The van der Waals surface area contributed by atoms with Crippen LogP contribution in [0.25, 0.3) is 0 Å². The van der Waals surface area contributed by atoms with Gasteiger partial charge < -0.3 is 0 Å². The molecular formula is C10H12F. The van der Waals surface area contributed by atoms with Crippen LogP contribution in [0.4, 0.5) is 4.39 Å². The number of hydrogen-bond donors (Lipinski definition) is 0. The number of halogens is 1. The van der Waals surface area contributed by atoms with Crippen molar-refractivity contribution in [3.63, 3.8) is 0 Å². The van der Waals surface area contributed by atoms with Gasteiger partial charge in [0.05, 0.1) is 0 Å². The first-order chi connectivity index (χ1) is 5.29. The van der Waals surface area contributed by atoms with E-state index in [0.29, 0.717) is 0 Å². The van der Waals surface area contributed by atoms with Crippen LogP contribution in [0.2, 0.25) is 0 Å². The van der Waals surface area contributed by atoms with Gasteiger partial charge in [-0.3, -0.25) is 0 Å². The van der Waals surface area contributed by atoms with Crippen LogP contribution in [0.15, 0.2) is 12.1 Å². The second-order valence-corrected chi connectivity index (χ2v) is 2.49. The van der Waals surface area contributed by atoms with Crippen molar-refractivity contribution in [2.24, 2.45) is 0 Å². The fourth-order valence-corrected chi connectivity index (χ4v) is 1.24. The zero-order valence-corrected chi connectivity index (χ0v) is 6.95. The van der Waals surface area contributed by atoms with E-state index in [2.05, 4.69) is 6.07 Å². The first-order valence-electron chi connectivity index (χ1n) is 3.97. The van der Waals surface area contributed by atoms with Gasteiger partial charge in [0, 0.05) is 0 Å². The quantitative estimate of drug-likeness (QED) is 0.609. The molecule has 0 amide bonds. The summed E-state index contributed by atoms with van der Waals surface area (Å²) in [5, 5.41) is 0. The van der Waals surface area contributed by atoms with Crippen molar-refractivity contribution >= 4 is 0 Å². The summed E-state index contributed by atoms with van der Waals surface area (Å²) in [6, 6.07) is 6.15. The van der Waals surface area contributed by atoms with Crippen LogP contribution < -0.4 is 0 Å². The van der Waals surface area contributed by atoms with Gasteiger partial charge in [0.15, 0.2) is 0 Å². The summed E-state index contributed by atoms with van der Waals surface area (Å²) in [6.07, 6.45) is 1.62. The highest BCUT2D eigenvalue weighted by atomic mass is 19.1. The topological polar surface area (TPSA) is 0 Å². The van der Waals surface area contributed by atoms with E-state index in [1.54, 1.807) is 6.07 Å². The smallest absolute Gasteiger partial charge is 0.126 e. The Labute approximate surface area is 67.1 Å². The van der Waals surface area contributed by atoms with Crippen molar-refractivity contribution in [2.75, 3.05) is 0 Å². The summed E-state index contributed by atoms with van der Waals surface area (Å²) in [5.74, 6) is -0.0944. The molecule has 0 fully saturated rings. The standard InChI is InChI=1S/C10H12F/c1-3-8-6-5-7-10(11)9(8)4-2/h5,7H,3-4H2,1-2H3. The van der Waals surface area contributed by atoms with Gasteiger partial charge in [0.25, 0.3) is 0 Å². The highest BCUT2D eigenvalue weighted by Crippen LogP contribution is 2.13. The number of benzene rings is 1. The van der Waals surface area contributed by atoms with Crippen molar-refractivity contribution < 1.29 is 4.39 Å². The molecule has 1 aromatic carbocycles. The molecule has 0 nitrogen and oxygen atoms in total. The summed E-state index contributed by atoms with van der Waals surface area (Å²) in [4.78, 5) is 0. The predicted molar refractivity (Wildman–Crippen MR) is 44.0 cm³/mol. The van der Waals surface area contributed by atoms with Crippen molar-refractivity contribution in [2.45, 2.75) is 26.7 Å². The molecule has 1 radical (unpaired) electrons. The minimum absolute atomic E-state index is 0.0944. The zero-order valence-electron chi connectivity index (χ0n) is 6.95. The maximum Gasteiger partial charge on any atom is 0.126 e. The van der Waals surface area contributed by atoms with E-state index in [0.717, 1.165) is 24.0 Å². The van der Waals surface area contributed by atoms with Crippen LogP contribution in [-0.4, -0.2) is 0 Å².